The monoisotopic (exact) mass is 1120 g/mol. The van der Waals surface area contributed by atoms with E-state index in [4.69, 9.17) is 37.9 Å². The lowest BCUT2D eigenvalue weighted by Gasteiger charge is -2.71. The van der Waals surface area contributed by atoms with E-state index in [0.717, 1.165) is 32.0 Å². The Labute approximate surface area is 452 Å². The summed E-state index contributed by atoms with van der Waals surface area (Å²) in [6, 6.07) is 0. The Morgan fingerprint density at radius 2 is 1.13 bits per heavy atom. The molecule has 9 aliphatic rings. The summed E-state index contributed by atoms with van der Waals surface area (Å²) in [5.41, 5.74) is -1.86. The number of aliphatic carboxylic acids is 1. The highest BCUT2D eigenvalue weighted by atomic mass is 16.8. The fraction of sp³-hybridized carbons (Fsp3) is 0.907. The molecule has 4 saturated carbocycles. The summed E-state index contributed by atoms with van der Waals surface area (Å²) in [5, 5.41) is 140. The van der Waals surface area contributed by atoms with E-state index in [1.54, 1.807) is 0 Å². The molecule has 24 nitrogen and oxygen atoms in total. The van der Waals surface area contributed by atoms with Crippen molar-refractivity contribution in [3.8, 4) is 0 Å². The summed E-state index contributed by atoms with van der Waals surface area (Å²) < 4.78 is 48.7. The van der Waals surface area contributed by atoms with Gasteiger partial charge in [0.05, 0.1) is 31.3 Å². The van der Waals surface area contributed by atoms with Crippen LogP contribution in [0.2, 0.25) is 0 Å². The third kappa shape index (κ3) is 9.59. The first-order valence-electron chi connectivity index (χ1n) is 27.6. The Morgan fingerprint density at radius 3 is 1.68 bits per heavy atom. The van der Waals surface area contributed by atoms with Gasteiger partial charge in [-0.25, -0.2) is 4.79 Å². The van der Waals surface area contributed by atoms with Crippen LogP contribution in [0, 0.1) is 50.2 Å². The molecule has 0 aromatic heterocycles. The Hall–Kier alpha value is -2.25. The van der Waals surface area contributed by atoms with Crippen LogP contribution in [0.1, 0.15) is 106 Å². The maximum absolute atomic E-state index is 14.5. The predicted octanol–water partition coefficient (Wildman–Crippen LogP) is -2.08. The number of fused-ring (bicyclic) bond motifs is 7. The summed E-state index contributed by atoms with van der Waals surface area (Å²) in [6.45, 7) is 12.6. The van der Waals surface area contributed by atoms with Gasteiger partial charge in [-0.1, -0.05) is 60.1 Å². The zero-order valence-corrected chi connectivity index (χ0v) is 45.3. The Bertz CT molecular complexity index is 2230. The third-order valence-electron chi connectivity index (χ3n) is 21.1. The SMILES string of the molecule is CC1(C)CC[C@]2(C=O)C(=O)C[C@]3(C)C(=CCC4[C@@]5(C)CC[C@H](O[C@@H]6O[C@H](C(=O)O)[C@@H](O)[C@H](O[C@@H]7O[C@H](CO)[C@H](O)[C@H](O)[C@H]7O[C@H]7O[C@H](CO)[C@@H](O)[C@H](O)[C@H]7O)[C@H]6O[C@@H]6O[C@H](CO)[C@H](O)[C@H](O)[C@H]6O)C(C)(C)C5CC[C@]43C)C2C1. The van der Waals surface area contributed by atoms with Crippen LogP contribution < -0.4 is 0 Å². The van der Waals surface area contributed by atoms with Gasteiger partial charge in [0.15, 0.2) is 31.3 Å². The van der Waals surface area contributed by atoms with Gasteiger partial charge in [0.1, 0.15) is 104 Å². The predicted molar refractivity (Wildman–Crippen MR) is 263 cm³/mol. The Morgan fingerprint density at radius 1 is 0.603 bits per heavy atom. The third-order valence-corrected chi connectivity index (χ3v) is 21.1. The van der Waals surface area contributed by atoms with Crippen LogP contribution in [0.15, 0.2) is 11.6 Å². The normalized spacial score (nSPS) is 52.9. The summed E-state index contributed by atoms with van der Waals surface area (Å²) in [4.78, 5) is 40.7. The second-order valence-electron chi connectivity index (χ2n) is 26.1. The summed E-state index contributed by atoms with van der Waals surface area (Å²) >= 11 is 0. The van der Waals surface area contributed by atoms with E-state index < -0.39 is 171 Å². The van der Waals surface area contributed by atoms with E-state index in [2.05, 4.69) is 40.7 Å². The smallest absolute Gasteiger partial charge is 0.335 e. The molecule has 5 aliphatic carbocycles. The van der Waals surface area contributed by atoms with Crippen molar-refractivity contribution < 1.29 is 119 Å². The molecule has 0 spiro atoms. The molecule has 78 heavy (non-hydrogen) atoms. The van der Waals surface area contributed by atoms with Gasteiger partial charge in [-0.15, -0.1) is 0 Å². The summed E-state index contributed by atoms with van der Waals surface area (Å²) in [5.74, 6) is -1.89. The van der Waals surface area contributed by atoms with Crippen LogP contribution in [0.5, 0.6) is 0 Å². The molecule has 8 fully saturated rings. The van der Waals surface area contributed by atoms with Crippen LogP contribution >= 0.6 is 0 Å². The standard InChI is InChI=1S/C54H84O24/c1-49(2)14-15-54(21-58)23(16-49)22-8-9-28-51(5)12-11-30(50(3,4)27(51)10-13-52(28,6)53(22,7)17-29(54)59)74-48-43(78-46-38(67)35(64)32(61)25(19-56)72-46)40(39(68)41(76-48)44(69)70)75-47-42(36(65)33(62)26(20-57)73-47)77-45-37(66)34(63)31(60)24(18-55)71-45/h8,21,23-28,30-43,45-48,55-57,60-68H,9-20H2,1-7H3,(H,69,70)/t23?,24-,25-,26-,27?,28?,30+,31-,32+,33+,34+,35+,36+,37-,38-,39+,40+,41+,42-,43-,45-,46+,47+,48-,51+,52-,53-,54-/m1/s1. The van der Waals surface area contributed by atoms with Crippen LogP contribution in [0.3, 0.4) is 0 Å². The number of hydrogen-bond donors (Lipinski definition) is 13. The van der Waals surface area contributed by atoms with Gasteiger partial charge in [-0.05, 0) is 84.9 Å². The molecule has 4 saturated heterocycles. The zero-order chi connectivity index (χ0) is 57.1. The minimum Gasteiger partial charge on any atom is -0.479 e. The van der Waals surface area contributed by atoms with E-state index in [0.29, 0.717) is 25.7 Å². The lowest BCUT2D eigenvalue weighted by atomic mass is 9.33. The highest BCUT2D eigenvalue weighted by Gasteiger charge is 2.71. The molecule has 0 amide bonds. The van der Waals surface area contributed by atoms with Crippen molar-refractivity contribution in [2.75, 3.05) is 19.8 Å². The molecule has 0 aromatic rings. The molecule has 444 valence electrons. The number of aldehydes is 1. The molecule has 4 aliphatic heterocycles. The average molecular weight is 1120 g/mol. The first-order valence-corrected chi connectivity index (χ1v) is 27.6. The van der Waals surface area contributed by atoms with Crippen molar-refractivity contribution in [2.45, 2.75) is 235 Å². The number of Topliss-reactive ketones (excluding diaryl/α,β-unsaturated/α-hetero) is 1. The molecule has 0 aromatic carbocycles. The second-order valence-corrected chi connectivity index (χ2v) is 26.1. The van der Waals surface area contributed by atoms with Gasteiger partial charge in [-0.3, -0.25) is 4.79 Å². The van der Waals surface area contributed by atoms with Gasteiger partial charge in [0, 0.05) is 17.8 Å². The number of rotatable bonds is 13. The maximum atomic E-state index is 14.5. The number of carboxylic acid groups (broad SMARTS) is 1. The lowest BCUT2D eigenvalue weighted by Crippen LogP contribution is -2.69. The summed E-state index contributed by atoms with van der Waals surface area (Å²) in [6.07, 6.45) is -31.1. The molecule has 24 heteroatoms. The fourth-order valence-electron chi connectivity index (χ4n) is 16.3. The molecule has 0 bridgehead atoms. The Kier molecular flexibility index (Phi) is 16.8. The van der Waals surface area contributed by atoms with E-state index >= 15 is 0 Å². The molecule has 0 radical (unpaired) electrons. The van der Waals surface area contributed by atoms with Gasteiger partial charge in [0.25, 0.3) is 0 Å². The molecule has 28 atom stereocenters. The van der Waals surface area contributed by atoms with Crippen molar-refractivity contribution in [2.24, 2.45) is 50.2 Å². The van der Waals surface area contributed by atoms with Gasteiger partial charge < -0.3 is 109 Å². The molecular formula is C54H84O24. The van der Waals surface area contributed by atoms with Crippen LogP contribution in [0.4, 0.5) is 0 Å². The van der Waals surface area contributed by atoms with Crippen LogP contribution in [-0.4, -0.2) is 233 Å². The van der Waals surface area contributed by atoms with Gasteiger partial charge in [0.2, 0.25) is 0 Å². The number of allylic oxidation sites excluding steroid dienone is 2. The number of aliphatic hydroxyl groups excluding tert-OH is 12. The van der Waals surface area contributed by atoms with Crippen LogP contribution in [0.25, 0.3) is 0 Å². The molecule has 3 unspecified atom stereocenters. The van der Waals surface area contributed by atoms with Crippen molar-refractivity contribution in [1.82, 2.24) is 0 Å². The van der Waals surface area contributed by atoms with E-state index in [1.807, 2.05) is 13.8 Å². The van der Waals surface area contributed by atoms with Crippen LogP contribution in [-0.2, 0) is 52.3 Å². The topological polar surface area (TPSA) is 388 Å². The lowest BCUT2D eigenvalue weighted by molar-refractivity contribution is -0.407. The minimum absolute atomic E-state index is 0.0122. The van der Waals surface area contributed by atoms with E-state index in [1.165, 1.54) is 5.57 Å². The number of carbonyl (C=O) groups excluding carboxylic acids is 2. The van der Waals surface area contributed by atoms with Gasteiger partial charge >= 0.3 is 5.97 Å². The second kappa shape index (κ2) is 21.7. The van der Waals surface area contributed by atoms with Crippen molar-refractivity contribution in [1.29, 1.82) is 0 Å². The number of aliphatic hydroxyl groups is 12. The molecule has 9 rings (SSSR count). The Balaban J connectivity index is 1.05. The number of hydrogen-bond acceptors (Lipinski definition) is 23. The summed E-state index contributed by atoms with van der Waals surface area (Å²) in [7, 11) is 0. The maximum Gasteiger partial charge on any atom is 0.335 e. The van der Waals surface area contributed by atoms with Crippen molar-refractivity contribution in [3.63, 3.8) is 0 Å². The van der Waals surface area contributed by atoms with E-state index in [-0.39, 0.29) is 46.2 Å². The largest absolute Gasteiger partial charge is 0.479 e. The number of carbonyl (C=O) groups is 3. The van der Waals surface area contributed by atoms with Crippen molar-refractivity contribution in [3.05, 3.63) is 11.6 Å². The first kappa shape index (κ1) is 60.3. The zero-order valence-electron chi connectivity index (χ0n) is 45.3. The highest BCUT2D eigenvalue weighted by molar-refractivity contribution is 6.01. The fourth-order valence-corrected chi connectivity index (χ4v) is 16.3. The minimum atomic E-state index is -2.28. The first-order chi connectivity index (χ1) is 36.5. The average Bonchev–Trinajstić information content (AvgIpc) is 3.34. The number of ether oxygens (including phenoxy) is 8. The molecular weight excluding hydrogens is 1030 g/mol. The number of carboxylic acids is 1. The molecule has 4 heterocycles. The number of ketones is 1. The van der Waals surface area contributed by atoms with Gasteiger partial charge in [-0.2, -0.15) is 0 Å². The van der Waals surface area contributed by atoms with Crippen molar-refractivity contribution >= 4 is 18.0 Å². The highest BCUT2D eigenvalue weighted by Crippen LogP contribution is 2.75. The quantitative estimate of drug-likeness (QED) is 0.0407. The van der Waals surface area contributed by atoms with E-state index in [9.17, 15) is 80.8 Å². The molecule has 13 N–H and O–H groups in total.